The lowest BCUT2D eigenvalue weighted by atomic mass is 10.0. The number of hydrogen-bond acceptors (Lipinski definition) is 12. The second-order valence-corrected chi connectivity index (χ2v) is 13.7. The summed E-state index contributed by atoms with van der Waals surface area (Å²) < 4.78 is 0. The molecule has 1 aliphatic heterocycles. The Kier molecular flexibility index (Phi) is 16.2. The van der Waals surface area contributed by atoms with Crippen molar-refractivity contribution in [2.45, 2.75) is 102 Å². The van der Waals surface area contributed by atoms with Crippen LogP contribution in [0.4, 0.5) is 0 Å². The normalized spacial score (nSPS) is 17.2. The molecule has 1 saturated heterocycles. The number of aromatic nitrogens is 4. The summed E-state index contributed by atoms with van der Waals surface area (Å²) in [5, 5.41) is 32.0. The average molecular weight is 775 g/mol. The maximum Gasteiger partial charge on any atom is 0.326 e. The number of imidazole rings is 2. The molecule has 7 amide bonds. The Labute approximate surface area is 315 Å². The van der Waals surface area contributed by atoms with Gasteiger partial charge >= 0.3 is 5.97 Å². The zero-order valence-corrected chi connectivity index (χ0v) is 30.7. The second kappa shape index (κ2) is 20.5. The summed E-state index contributed by atoms with van der Waals surface area (Å²) in [4.78, 5) is 117. The Morgan fingerprint density at radius 3 is 2.05 bits per heavy atom. The standard InChI is InChI=1S/C33H50N12O10/c1-16(2)7-21(29(50)38-13-26(48)41-22(10-25(35)47)30(51)43-23(33(54)55)9-19-12-37-15-40-19)42-31(52)24-5-4-6-45(24)32(53)27(17(3)46)44-28(49)20(34)8-18-11-36-14-39-18/h11-12,14-17,20-24,27,46H,4-10,13,34H2,1-3H3,(H2,35,47)(H,36,39)(H,37,40)(H,38,50)(H,41,48)(H,42,52)(H,43,51)(H,44,49)(H,54,55)/t17-,20+,21+,22+,23+,24+,27+/m1/s1. The topological polar surface area (TPSA) is 350 Å². The Hall–Kier alpha value is -5.90. The minimum atomic E-state index is -1.58. The van der Waals surface area contributed by atoms with Crippen LogP contribution in [0.2, 0.25) is 0 Å². The molecule has 0 spiro atoms. The van der Waals surface area contributed by atoms with Crippen LogP contribution in [0, 0.1) is 5.92 Å². The zero-order chi connectivity index (χ0) is 40.8. The van der Waals surface area contributed by atoms with E-state index in [-0.39, 0.29) is 38.1 Å². The van der Waals surface area contributed by atoms with E-state index >= 15 is 0 Å². The first-order chi connectivity index (χ1) is 26.0. The molecule has 0 saturated carbocycles. The van der Waals surface area contributed by atoms with E-state index in [2.05, 4.69) is 46.5 Å². The van der Waals surface area contributed by atoms with Gasteiger partial charge in [0, 0.05) is 43.2 Å². The van der Waals surface area contributed by atoms with Crippen LogP contribution in [0.5, 0.6) is 0 Å². The number of hydrogen-bond donors (Lipinski definition) is 11. The van der Waals surface area contributed by atoms with Crippen LogP contribution in [0.3, 0.4) is 0 Å². The van der Waals surface area contributed by atoms with Gasteiger partial charge in [0.1, 0.15) is 30.2 Å². The van der Waals surface area contributed by atoms with Crippen molar-refractivity contribution in [2.24, 2.45) is 17.4 Å². The van der Waals surface area contributed by atoms with E-state index in [0.29, 0.717) is 17.8 Å². The molecule has 302 valence electrons. The van der Waals surface area contributed by atoms with Crippen LogP contribution < -0.4 is 38.1 Å². The number of aliphatic hydroxyl groups is 1. The van der Waals surface area contributed by atoms with Crippen molar-refractivity contribution in [3.63, 3.8) is 0 Å². The number of carboxylic acids is 1. The molecule has 3 rings (SSSR count). The Balaban J connectivity index is 1.62. The molecule has 0 aromatic carbocycles. The van der Waals surface area contributed by atoms with Crippen LogP contribution in [0.15, 0.2) is 25.0 Å². The zero-order valence-electron chi connectivity index (χ0n) is 30.7. The summed E-state index contributed by atoms with van der Waals surface area (Å²) in [6, 6.07) is -7.74. The number of likely N-dealkylation sites (tertiary alicyclic amines) is 1. The van der Waals surface area contributed by atoms with E-state index in [1.54, 1.807) is 13.8 Å². The van der Waals surface area contributed by atoms with Gasteiger partial charge < -0.3 is 63.1 Å². The largest absolute Gasteiger partial charge is 0.480 e. The number of H-pyrrole nitrogens is 2. The number of aromatic amines is 2. The maximum absolute atomic E-state index is 13.6. The molecule has 0 unspecified atom stereocenters. The molecule has 0 aliphatic carbocycles. The van der Waals surface area contributed by atoms with Crippen LogP contribution in [0.1, 0.15) is 57.8 Å². The third kappa shape index (κ3) is 13.5. The van der Waals surface area contributed by atoms with E-state index in [0.717, 1.165) is 0 Å². The van der Waals surface area contributed by atoms with Gasteiger partial charge in [0.2, 0.25) is 41.4 Å². The number of nitrogens with zero attached hydrogens (tertiary/aromatic N) is 3. The van der Waals surface area contributed by atoms with Crippen molar-refractivity contribution in [3.8, 4) is 0 Å². The number of aliphatic carboxylic acids is 1. The number of aliphatic hydroxyl groups excluding tert-OH is 1. The van der Waals surface area contributed by atoms with Crippen molar-refractivity contribution < 1.29 is 48.6 Å². The molecule has 1 aliphatic rings. The molecule has 0 radical (unpaired) electrons. The van der Waals surface area contributed by atoms with Gasteiger partial charge in [0.15, 0.2) is 0 Å². The SMILES string of the molecule is CC(C)C[C@H](NC(=O)[C@@H]1CCCN1C(=O)[C@@H](NC(=O)[C@@H](N)Cc1cnc[nH]1)[C@@H](C)O)C(=O)NCC(=O)N[C@@H](CC(N)=O)C(=O)N[C@@H](Cc1cnc[nH]1)C(=O)O. The monoisotopic (exact) mass is 774 g/mol. The summed E-state index contributed by atoms with van der Waals surface area (Å²) >= 11 is 0. The first-order valence-corrected chi connectivity index (χ1v) is 17.6. The van der Waals surface area contributed by atoms with E-state index in [4.69, 9.17) is 11.5 Å². The lowest BCUT2D eigenvalue weighted by molar-refractivity contribution is -0.144. The van der Waals surface area contributed by atoms with Gasteiger partial charge in [0.05, 0.1) is 37.8 Å². The average Bonchev–Trinajstić information content (AvgIpc) is 3.92. The molecule has 55 heavy (non-hydrogen) atoms. The Bertz CT molecular complexity index is 1650. The highest BCUT2D eigenvalue weighted by Crippen LogP contribution is 2.20. The molecule has 0 bridgehead atoms. The molecule has 2 aromatic heterocycles. The number of carboxylic acid groups (broad SMARTS) is 1. The van der Waals surface area contributed by atoms with Crippen LogP contribution in [0.25, 0.3) is 0 Å². The Morgan fingerprint density at radius 2 is 1.51 bits per heavy atom. The molecule has 22 heteroatoms. The van der Waals surface area contributed by atoms with E-state index in [9.17, 15) is 48.6 Å². The lowest BCUT2D eigenvalue weighted by Crippen LogP contribution is -2.60. The van der Waals surface area contributed by atoms with Crippen molar-refractivity contribution in [3.05, 3.63) is 36.4 Å². The first-order valence-electron chi connectivity index (χ1n) is 17.6. The maximum atomic E-state index is 13.6. The van der Waals surface area contributed by atoms with Gasteiger partial charge in [-0.1, -0.05) is 13.8 Å². The highest BCUT2D eigenvalue weighted by atomic mass is 16.4. The quantitative estimate of drug-likeness (QED) is 0.0572. The van der Waals surface area contributed by atoms with Gasteiger partial charge in [0.25, 0.3) is 0 Å². The van der Waals surface area contributed by atoms with Gasteiger partial charge in [-0.3, -0.25) is 33.6 Å². The summed E-state index contributed by atoms with van der Waals surface area (Å²) in [5.41, 5.74) is 12.2. The molecule has 22 nitrogen and oxygen atoms in total. The number of nitrogens with one attached hydrogen (secondary N) is 7. The highest BCUT2D eigenvalue weighted by Gasteiger charge is 2.41. The fourth-order valence-corrected chi connectivity index (χ4v) is 5.86. The smallest absolute Gasteiger partial charge is 0.326 e. The first kappa shape index (κ1) is 43.5. The van der Waals surface area contributed by atoms with Gasteiger partial charge in [-0.15, -0.1) is 0 Å². The summed E-state index contributed by atoms with van der Waals surface area (Å²) in [6.07, 6.45) is 4.26. The fourth-order valence-electron chi connectivity index (χ4n) is 5.86. The minimum absolute atomic E-state index is 0.0893. The Morgan fingerprint density at radius 1 is 0.873 bits per heavy atom. The number of nitrogens with two attached hydrogens (primary N) is 2. The number of primary amides is 1. The van der Waals surface area contributed by atoms with Gasteiger partial charge in [-0.25, -0.2) is 14.8 Å². The predicted octanol–water partition coefficient (Wildman–Crippen LogP) is -4.32. The predicted molar refractivity (Wildman–Crippen MR) is 191 cm³/mol. The second-order valence-electron chi connectivity index (χ2n) is 13.7. The van der Waals surface area contributed by atoms with Crippen LogP contribution in [-0.2, 0) is 51.2 Å². The molecular weight excluding hydrogens is 724 g/mol. The van der Waals surface area contributed by atoms with E-state index in [1.807, 2.05) is 0 Å². The van der Waals surface area contributed by atoms with Crippen LogP contribution in [-0.4, -0.2) is 138 Å². The lowest BCUT2D eigenvalue weighted by Gasteiger charge is -2.31. The number of rotatable bonds is 21. The number of carbonyl (C=O) groups excluding carboxylic acids is 7. The fraction of sp³-hybridized carbons (Fsp3) is 0.576. The summed E-state index contributed by atoms with van der Waals surface area (Å²) in [5.74, 6) is -7.30. The summed E-state index contributed by atoms with van der Waals surface area (Å²) in [6.45, 7) is 4.33. The summed E-state index contributed by atoms with van der Waals surface area (Å²) in [7, 11) is 0. The van der Waals surface area contributed by atoms with Crippen molar-refractivity contribution in [1.82, 2.24) is 51.4 Å². The van der Waals surface area contributed by atoms with E-state index in [1.165, 1.54) is 36.9 Å². The molecule has 13 N–H and O–H groups in total. The van der Waals surface area contributed by atoms with Gasteiger partial charge in [-0.05, 0) is 32.1 Å². The minimum Gasteiger partial charge on any atom is -0.480 e. The third-order valence-electron chi connectivity index (χ3n) is 8.63. The van der Waals surface area contributed by atoms with Gasteiger partial charge in [-0.2, -0.15) is 0 Å². The highest BCUT2D eigenvalue weighted by molar-refractivity contribution is 5.97. The number of carbonyl (C=O) groups is 8. The molecule has 7 atom stereocenters. The molecule has 3 heterocycles. The van der Waals surface area contributed by atoms with Crippen molar-refractivity contribution >= 4 is 47.3 Å². The van der Waals surface area contributed by atoms with E-state index < -0.39 is 103 Å². The van der Waals surface area contributed by atoms with Crippen molar-refractivity contribution in [1.29, 1.82) is 0 Å². The molecular formula is C33H50N12O10. The van der Waals surface area contributed by atoms with Crippen molar-refractivity contribution in [2.75, 3.05) is 13.1 Å². The third-order valence-corrected chi connectivity index (χ3v) is 8.63. The number of amides is 7. The molecule has 2 aromatic rings. The van der Waals surface area contributed by atoms with Crippen LogP contribution >= 0.6 is 0 Å². The molecule has 1 fully saturated rings.